The zero-order chi connectivity index (χ0) is 21.4. The first-order chi connectivity index (χ1) is 14.5. The second kappa shape index (κ2) is 11.0. The van der Waals surface area contributed by atoms with E-state index in [0.29, 0.717) is 44.3 Å². The molecule has 8 heteroatoms. The van der Waals surface area contributed by atoms with Crippen molar-refractivity contribution in [2.75, 3.05) is 59.1 Å². The average Bonchev–Trinajstić information content (AvgIpc) is 2.77. The summed E-state index contributed by atoms with van der Waals surface area (Å²) in [4.78, 5) is 21.6. The molecule has 1 aromatic rings. The van der Waals surface area contributed by atoms with Gasteiger partial charge in [0.2, 0.25) is 5.91 Å². The third-order valence-corrected chi connectivity index (χ3v) is 6.20. The first-order valence-electron chi connectivity index (χ1n) is 10.8. The Kier molecular flexibility index (Phi) is 8.36. The van der Waals surface area contributed by atoms with Crippen LogP contribution in [0.15, 0.2) is 29.3 Å². The highest BCUT2D eigenvalue weighted by Gasteiger charge is 2.32. The molecule has 0 bridgehead atoms. The molecule has 2 aliphatic rings. The predicted molar refractivity (Wildman–Crippen MR) is 119 cm³/mol. The van der Waals surface area contributed by atoms with Crippen molar-refractivity contribution in [3.8, 4) is 0 Å². The van der Waals surface area contributed by atoms with E-state index in [4.69, 9.17) is 21.3 Å². The highest BCUT2D eigenvalue weighted by molar-refractivity contribution is 6.30. The van der Waals surface area contributed by atoms with Gasteiger partial charge in [0.05, 0.1) is 19.6 Å². The lowest BCUT2D eigenvalue weighted by Gasteiger charge is -2.38. The summed E-state index contributed by atoms with van der Waals surface area (Å²) in [5.41, 5.74) is 0.754. The van der Waals surface area contributed by atoms with Gasteiger partial charge in [0, 0.05) is 56.4 Å². The van der Waals surface area contributed by atoms with Gasteiger partial charge in [-0.1, -0.05) is 23.7 Å². The van der Waals surface area contributed by atoms with Crippen LogP contribution in [0.4, 0.5) is 0 Å². The fraction of sp³-hybridized carbons (Fsp3) is 0.636. The summed E-state index contributed by atoms with van der Waals surface area (Å²) in [6.07, 6.45) is 2.03. The largest absolute Gasteiger partial charge is 0.396 e. The van der Waals surface area contributed by atoms with E-state index in [1.165, 1.54) is 0 Å². The van der Waals surface area contributed by atoms with Crippen molar-refractivity contribution in [3.05, 3.63) is 34.9 Å². The minimum atomic E-state index is -0.187. The van der Waals surface area contributed by atoms with E-state index in [2.05, 4.69) is 17.1 Å². The van der Waals surface area contributed by atoms with E-state index in [1.807, 2.05) is 29.2 Å². The molecule has 2 N–H and O–H groups in total. The van der Waals surface area contributed by atoms with Gasteiger partial charge in [-0.25, -0.2) is 0 Å². The number of hydrogen-bond acceptors (Lipinski definition) is 4. The molecule has 2 saturated heterocycles. The smallest absolute Gasteiger partial charge is 0.227 e. The molecular formula is C22H33ClN4O3. The Hall–Kier alpha value is -1.83. The summed E-state index contributed by atoms with van der Waals surface area (Å²) in [7, 11) is 0. The molecule has 7 nitrogen and oxygen atoms in total. The third-order valence-electron chi connectivity index (χ3n) is 5.96. The van der Waals surface area contributed by atoms with Crippen molar-refractivity contribution in [2.24, 2.45) is 10.4 Å². The zero-order valence-corrected chi connectivity index (χ0v) is 18.5. The number of carbonyl (C=O) groups is 1. The number of ether oxygens (including phenoxy) is 1. The Morgan fingerprint density at radius 2 is 1.93 bits per heavy atom. The fourth-order valence-electron chi connectivity index (χ4n) is 3.94. The summed E-state index contributed by atoms with van der Waals surface area (Å²) in [6.45, 7) is 7.73. The lowest BCUT2D eigenvalue weighted by molar-refractivity contribution is -0.131. The maximum Gasteiger partial charge on any atom is 0.227 e. The first-order valence-corrected chi connectivity index (χ1v) is 11.2. The molecule has 0 aromatic heterocycles. The van der Waals surface area contributed by atoms with Gasteiger partial charge >= 0.3 is 0 Å². The summed E-state index contributed by atoms with van der Waals surface area (Å²) in [5, 5.41) is 13.9. The van der Waals surface area contributed by atoms with E-state index in [0.717, 1.165) is 44.0 Å². The molecule has 1 aromatic carbocycles. The van der Waals surface area contributed by atoms with Crippen LogP contribution in [0.25, 0.3) is 0 Å². The van der Waals surface area contributed by atoms with Gasteiger partial charge in [-0.15, -0.1) is 0 Å². The Morgan fingerprint density at radius 1 is 1.23 bits per heavy atom. The molecule has 1 amide bonds. The van der Waals surface area contributed by atoms with Gasteiger partial charge in [-0.05, 0) is 37.5 Å². The molecule has 2 fully saturated rings. The van der Waals surface area contributed by atoms with Crippen LogP contribution in [0, 0.1) is 5.41 Å². The number of hydrogen-bond donors (Lipinski definition) is 2. The number of nitrogens with zero attached hydrogens (tertiary/aromatic N) is 3. The van der Waals surface area contributed by atoms with Crippen molar-refractivity contribution in [1.29, 1.82) is 0 Å². The second-order valence-corrected chi connectivity index (χ2v) is 8.55. The molecular weight excluding hydrogens is 404 g/mol. The van der Waals surface area contributed by atoms with Crippen LogP contribution in [0.1, 0.15) is 25.3 Å². The predicted octanol–water partition coefficient (Wildman–Crippen LogP) is 1.78. The van der Waals surface area contributed by atoms with E-state index < -0.39 is 0 Å². The molecule has 2 heterocycles. The van der Waals surface area contributed by atoms with Crippen molar-refractivity contribution in [1.82, 2.24) is 15.1 Å². The van der Waals surface area contributed by atoms with Crippen LogP contribution in [-0.4, -0.2) is 85.9 Å². The van der Waals surface area contributed by atoms with Crippen molar-refractivity contribution >= 4 is 23.5 Å². The van der Waals surface area contributed by atoms with Crippen LogP contribution < -0.4 is 5.32 Å². The molecule has 0 aliphatic carbocycles. The van der Waals surface area contributed by atoms with E-state index in [-0.39, 0.29) is 17.9 Å². The fourth-order valence-corrected chi connectivity index (χ4v) is 4.15. The number of aliphatic hydroxyl groups is 1. The molecule has 0 atom stereocenters. The van der Waals surface area contributed by atoms with Gasteiger partial charge in [0.15, 0.2) is 5.96 Å². The van der Waals surface area contributed by atoms with Crippen LogP contribution in [0.3, 0.4) is 0 Å². The molecule has 30 heavy (non-hydrogen) atoms. The summed E-state index contributed by atoms with van der Waals surface area (Å²) < 4.78 is 5.45. The van der Waals surface area contributed by atoms with Crippen LogP contribution in [0.2, 0.25) is 5.02 Å². The van der Waals surface area contributed by atoms with E-state index in [1.54, 1.807) is 0 Å². The number of benzene rings is 1. The van der Waals surface area contributed by atoms with Gasteiger partial charge in [0.25, 0.3) is 0 Å². The number of nitrogens with one attached hydrogen (secondary N) is 1. The SMILES string of the molecule is CCNC(=NCC1(CO)CCOCC1)N1CCN(C(=O)Cc2cccc(Cl)c2)CC1. The number of guanidine groups is 1. The minimum Gasteiger partial charge on any atom is -0.396 e. The van der Waals surface area contributed by atoms with Crippen LogP contribution in [-0.2, 0) is 16.0 Å². The van der Waals surface area contributed by atoms with Crippen molar-refractivity contribution in [2.45, 2.75) is 26.2 Å². The van der Waals surface area contributed by atoms with Gasteiger partial charge in [-0.2, -0.15) is 0 Å². The Morgan fingerprint density at radius 3 is 2.57 bits per heavy atom. The van der Waals surface area contributed by atoms with Gasteiger partial charge < -0.3 is 25.0 Å². The highest BCUT2D eigenvalue weighted by Crippen LogP contribution is 2.30. The number of rotatable bonds is 6. The Balaban J connectivity index is 1.56. The highest BCUT2D eigenvalue weighted by atomic mass is 35.5. The maximum atomic E-state index is 12.7. The molecule has 3 rings (SSSR count). The third kappa shape index (κ3) is 6.09. The van der Waals surface area contributed by atoms with E-state index in [9.17, 15) is 9.90 Å². The number of halogens is 1. The van der Waals surface area contributed by atoms with Crippen LogP contribution >= 0.6 is 11.6 Å². The number of aliphatic hydroxyl groups excluding tert-OH is 1. The lowest BCUT2D eigenvalue weighted by atomic mass is 9.81. The monoisotopic (exact) mass is 436 g/mol. The molecule has 0 unspecified atom stereocenters. The first kappa shape index (κ1) is 22.8. The Bertz CT molecular complexity index is 729. The zero-order valence-electron chi connectivity index (χ0n) is 17.8. The standard InChI is InChI=1S/C22H33ClN4O3/c1-2-24-21(25-16-22(17-28)6-12-30-13-7-22)27-10-8-26(9-11-27)20(29)15-18-4-3-5-19(23)14-18/h3-5,14,28H,2,6-13,15-17H2,1H3,(H,24,25). The quantitative estimate of drug-likeness (QED) is 0.525. The number of amides is 1. The summed E-state index contributed by atoms with van der Waals surface area (Å²) in [5.74, 6) is 0.985. The topological polar surface area (TPSA) is 77.4 Å². The Labute approximate surface area is 184 Å². The maximum absolute atomic E-state index is 12.7. The normalized spacial score (nSPS) is 19.6. The number of piperazine rings is 1. The van der Waals surface area contributed by atoms with Crippen molar-refractivity contribution < 1.29 is 14.6 Å². The number of aliphatic imine (C=N–C) groups is 1. The molecule has 0 saturated carbocycles. The average molecular weight is 437 g/mol. The van der Waals surface area contributed by atoms with Gasteiger partial charge in [0.1, 0.15) is 0 Å². The summed E-state index contributed by atoms with van der Waals surface area (Å²) in [6, 6.07) is 7.47. The molecule has 0 spiro atoms. The van der Waals surface area contributed by atoms with Gasteiger partial charge in [-0.3, -0.25) is 9.79 Å². The lowest BCUT2D eigenvalue weighted by Crippen LogP contribution is -2.54. The molecule has 0 radical (unpaired) electrons. The van der Waals surface area contributed by atoms with Crippen LogP contribution in [0.5, 0.6) is 0 Å². The molecule has 2 aliphatic heterocycles. The van der Waals surface area contributed by atoms with E-state index >= 15 is 0 Å². The minimum absolute atomic E-state index is 0.125. The number of carbonyl (C=O) groups excluding carboxylic acids is 1. The summed E-state index contributed by atoms with van der Waals surface area (Å²) >= 11 is 6.03. The molecule has 166 valence electrons. The second-order valence-electron chi connectivity index (χ2n) is 8.12. The van der Waals surface area contributed by atoms with Crippen molar-refractivity contribution in [3.63, 3.8) is 0 Å².